The van der Waals surface area contributed by atoms with Crippen molar-refractivity contribution in [1.82, 2.24) is 15.1 Å². The van der Waals surface area contributed by atoms with Crippen molar-refractivity contribution in [1.29, 1.82) is 0 Å². The highest BCUT2D eigenvalue weighted by atomic mass is 16.5. The number of aliphatic imine (C=N–C) groups is 1. The maximum Gasteiger partial charge on any atom is 0.194 e. The second kappa shape index (κ2) is 8.23. The van der Waals surface area contributed by atoms with Gasteiger partial charge in [0.05, 0.1) is 25.8 Å². The standard InChI is InChI=1S/C21H34N4O2/c1-3-22-20(25-10-9-21(16-25)7-4-8-21)23-15-18(19-6-5-17(2)27-19)24-11-13-26-14-12-24/h5-6,18H,3-4,7-16H2,1-2H3,(H,22,23). The fourth-order valence-corrected chi connectivity index (χ4v) is 4.71. The highest BCUT2D eigenvalue weighted by molar-refractivity contribution is 5.80. The molecule has 3 heterocycles. The molecular weight excluding hydrogens is 340 g/mol. The molecule has 4 rings (SSSR count). The van der Waals surface area contributed by atoms with E-state index in [9.17, 15) is 0 Å². The molecule has 1 N–H and O–H groups in total. The number of guanidine groups is 1. The molecule has 0 bridgehead atoms. The summed E-state index contributed by atoms with van der Waals surface area (Å²) < 4.78 is 11.5. The Labute approximate surface area is 162 Å². The predicted molar refractivity (Wildman–Crippen MR) is 107 cm³/mol. The predicted octanol–water partition coefficient (Wildman–Crippen LogP) is 2.80. The molecule has 150 valence electrons. The van der Waals surface area contributed by atoms with Crippen LogP contribution >= 0.6 is 0 Å². The summed E-state index contributed by atoms with van der Waals surface area (Å²) in [6, 6.07) is 4.34. The van der Waals surface area contributed by atoms with Gasteiger partial charge in [0.1, 0.15) is 11.5 Å². The van der Waals surface area contributed by atoms with Crippen molar-refractivity contribution in [2.75, 3.05) is 52.5 Å². The third-order valence-electron chi connectivity index (χ3n) is 6.48. The van der Waals surface area contributed by atoms with Crippen LogP contribution in [-0.4, -0.2) is 68.2 Å². The number of hydrogen-bond donors (Lipinski definition) is 1. The zero-order valence-electron chi connectivity index (χ0n) is 16.9. The Kier molecular flexibility index (Phi) is 5.74. The molecule has 0 aromatic carbocycles. The molecule has 1 atom stereocenters. The number of nitrogens with zero attached hydrogens (tertiary/aromatic N) is 3. The minimum Gasteiger partial charge on any atom is -0.465 e. The van der Waals surface area contributed by atoms with Crippen LogP contribution in [0.4, 0.5) is 0 Å². The van der Waals surface area contributed by atoms with Gasteiger partial charge in [-0.2, -0.15) is 0 Å². The summed E-state index contributed by atoms with van der Waals surface area (Å²) >= 11 is 0. The van der Waals surface area contributed by atoms with E-state index in [0.29, 0.717) is 5.41 Å². The minimum atomic E-state index is 0.177. The number of hydrogen-bond acceptors (Lipinski definition) is 4. The SMILES string of the molecule is CCNC(=NCC(c1ccc(C)o1)N1CCOCC1)N1CCC2(CCC2)C1. The molecule has 3 fully saturated rings. The first-order valence-electron chi connectivity index (χ1n) is 10.6. The first-order valence-corrected chi connectivity index (χ1v) is 10.6. The van der Waals surface area contributed by atoms with Crippen LogP contribution in [-0.2, 0) is 4.74 Å². The van der Waals surface area contributed by atoms with Crippen molar-refractivity contribution in [2.45, 2.75) is 45.6 Å². The number of likely N-dealkylation sites (tertiary alicyclic amines) is 1. The minimum absolute atomic E-state index is 0.177. The van der Waals surface area contributed by atoms with Crippen molar-refractivity contribution in [3.63, 3.8) is 0 Å². The van der Waals surface area contributed by atoms with Crippen molar-refractivity contribution in [3.8, 4) is 0 Å². The molecule has 6 nitrogen and oxygen atoms in total. The van der Waals surface area contributed by atoms with E-state index in [2.05, 4.69) is 34.2 Å². The van der Waals surface area contributed by atoms with Crippen LogP contribution in [0, 0.1) is 12.3 Å². The van der Waals surface area contributed by atoms with Crippen LogP contribution < -0.4 is 5.32 Å². The van der Waals surface area contributed by atoms with Crippen LogP contribution in [0.5, 0.6) is 0 Å². The summed E-state index contributed by atoms with van der Waals surface area (Å²) in [4.78, 5) is 10.00. The lowest BCUT2D eigenvalue weighted by molar-refractivity contribution is 0.0135. The van der Waals surface area contributed by atoms with Gasteiger partial charge in [0.2, 0.25) is 0 Å². The van der Waals surface area contributed by atoms with E-state index < -0.39 is 0 Å². The molecule has 1 unspecified atom stereocenters. The average molecular weight is 375 g/mol. The highest BCUT2D eigenvalue weighted by Crippen LogP contribution is 2.47. The lowest BCUT2D eigenvalue weighted by atomic mass is 9.68. The van der Waals surface area contributed by atoms with E-state index in [1.54, 1.807) is 0 Å². The summed E-state index contributed by atoms with van der Waals surface area (Å²) in [5, 5.41) is 3.53. The fraction of sp³-hybridized carbons (Fsp3) is 0.762. The number of furan rings is 1. The van der Waals surface area contributed by atoms with Crippen LogP contribution in [0.1, 0.15) is 50.2 Å². The quantitative estimate of drug-likeness (QED) is 0.634. The molecule has 0 amide bonds. The summed E-state index contributed by atoms with van der Waals surface area (Å²) in [6.07, 6.45) is 5.51. The zero-order chi connectivity index (χ0) is 18.7. The Hall–Kier alpha value is -1.53. The first-order chi connectivity index (χ1) is 13.2. The molecule has 2 aliphatic heterocycles. The maximum absolute atomic E-state index is 5.99. The monoisotopic (exact) mass is 374 g/mol. The molecule has 1 spiro atoms. The topological polar surface area (TPSA) is 53.2 Å². The van der Waals surface area contributed by atoms with Gasteiger partial charge in [-0.3, -0.25) is 9.89 Å². The van der Waals surface area contributed by atoms with Crippen LogP contribution in [0.3, 0.4) is 0 Å². The van der Waals surface area contributed by atoms with Gasteiger partial charge in [-0.1, -0.05) is 6.42 Å². The van der Waals surface area contributed by atoms with Crippen molar-refractivity contribution >= 4 is 5.96 Å². The lowest BCUT2D eigenvalue weighted by Crippen LogP contribution is -2.44. The molecule has 1 aliphatic carbocycles. The summed E-state index contributed by atoms with van der Waals surface area (Å²) in [7, 11) is 0. The van der Waals surface area contributed by atoms with Gasteiger partial charge in [0, 0.05) is 32.7 Å². The van der Waals surface area contributed by atoms with E-state index in [-0.39, 0.29) is 6.04 Å². The van der Waals surface area contributed by atoms with E-state index >= 15 is 0 Å². The molecular formula is C21H34N4O2. The van der Waals surface area contributed by atoms with Gasteiger partial charge in [-0.25, -0.2) is 0 Å². The van der Waals surface area contributed by atoms with Gasteiger partial charge in [0.25, 0.3) is 0 Å². The Morgan fingerprint density at radius 2 is 2.04 bits per heavy atom. The van der Waals surface area contributed by atoms with Crippen molar-refractivity contribution in [3.05, 3.63) is 23.7 Å². The normalized spacial score (nSPS) is 24.2. The second-order valence-electron chi connectivity index (χ2n) is 8.33. The maximum atomic E-state index is 5.99. The Morgan fingerprint density at radius 1 is 1.22 bits per heavy atom. The van der Waals surface area contributed by atoms with E-state index in [1.807, 2.05) is 6.92 Å². The van der Waals surface area contributed by atoms with Gasteiger partial charge < -0.3 is 19.4 Å². The number of morpholine rings is 1. The van der Waals surface area contributed by atoms with Gasteiger partial charge in [0.15, 0.2) is 5.96 Å². The Morgan fingerprint density at radius 3 is 2.63 bits per heavy atom. The molecule has 6 heteroatoms. The third kappa shape index (κ3) is 4.16. The Balaban J connectivity index is 1.49. The van der Waals surface area contributed by atoms with E-state index in [1.165, 1.54) is 32.2 Å². The number of nitrogens with one attached hydrogen (secondary N) is 1. The molecule has 1 aromatic rings. The molecule has 1 saturated carbocycles. The average Bonchev–Trinajstić information content (AvgIpc) is 3.29. The molecule has 3 aliphatic rings. The highest BCUT2D eigenvalue weighted by Gasteiger charge is 2.43. The van der Waals surface area contributed by atoms with Crippen LogP contribution in [0.15, 0.2) is 21.5 Å². The molecule has 0 radical (unpaired) electrons. The lowest BCUT2D eigenvalue weighted by Gasteiger charge is -2.38. The van der Waals surface area contributed by atoms with Gasteiger partial charge in [-0.15, -0.1) is 0 Å². The Bertz CT molecular complexity index is 646. The second-order valence-corrected chi connectivity index (χ2v) is 8.33. The van der Waals surface area contributed by atoms with E-state index in [4.69, 9.17) is 14.1 Å². The van der Waals surface area contributed by atoms with Gasteiger partial charge in [-0.05, 0) is 50.7 Å². The van der Waals surface area contributed by atoms with E-state index in [0.717, 1.165) is 63.4 Å². The molecule has 27 heavy (non-hydrogen) atoms. The van der Waals surface area contributed by atoms with Crippen molar-refractivity contribution in [2.24, 2.45) is 10.4 Å². The summed E-state index contributed by atoms with van der Waals surface area (Å²) in [6.45, 7) is 11.5. The first kappa shape index (κ1) is 18.8. The van der Waals surface area contributed by atoms with Crippen LogP contribution in [0.2, 0.25) is 0 Å². The van der Waals surface area contributed by atoms with Gasteiger partial charge >= 0.3 is 0 Å². The molecule has 1 aromatic heterocycles. The summed E-state index contributed by atoms with van der Waals surface area (Å²) in [5.74, 6) is 3.05. The number of rotatable bonds is 5. The zero-order valence-corrected chi connectivity index (χ0v) is 16.9. The number of aryl methyl sites for hydroxylation is 1. The van der Waals surface area contributed by atoms with Crippen molar-refractivity contribution < 1.29 is 9.15 Å². The number of ether oxygens (including phenoxy) is 1. The largest absolute Gasteiger partial charge is 0.465 e. The third-order valence-corrected chi connectivity index (χ3v) is 6.48. The molecule has 2 saturated heterocycles. The smallest absolute Gasteiger partial charge is 0.194 e. The van der Waals surface area contributed by atoms with Crippen LogP contribution in [0.25, 0.3) is 0 Å². The summed E-state index contributed by atoms with van der Waals surface area (Å²) in [5.41, 5.74) is 0.581. The fourth-order valence-electron chi connectivity index (χ4n) is 4.71.